The van der Waals surface area contributed by atoms with Crippen LogP contribution in [-0.2, 0) is 41.6 Å². The van der Waals surface area contributed by atoms with Crippen LogP contribution in [-0.4, -0.2) is 27.1 Å². The van der Waals surface area contributed by atoms with Crippen molar-refractivity contribution < 1.29 is 14.6 Å². The van der Waals surface area contributed by atoms with E-state index in [1.165, 1.54) is 27.8 Å². The van der Waals surface area contributed by atoms with Crippen LogP contribution >= 0.6 is 0 Å². The summed E-state index contributed by atoms with van der Waals surface area (Å²) in [5.74, 6) is -0.511. The molecular formula is C26H26N2O3. The summed E-state index contributed by atoms with van der Waals surface area (Å²) in [5.41, 5.74) is 7.78. The number of nitrogens with zero attached hydrogens (tertiary/aromatic N) is 2. The van der Waals surface area contributed by atoms with Gasteiger partial charge < -0.3 is 9.84 Å². The van der Waals surface area contributed by atoms with Gasteiger partial charge in [-0.25, -0.2) is 14.8 Å². The zero-order valence-electron chi connectivity index (χ0n) is 17.5. The van der Waals surface area contributed by atoms with Crippen LogP contribution in [0.4, 0.5) is 0 Å². The first-order valence-corrected chi connectivity index (χ1v) is 11.1. The van der Waals surface area contributed by atoms with Crippen LogP contribution in [0.1, 0.15) is 58.2 Å². The lowest BCUT2D eigenvalue weighted by atomic mass is 9.87. The van der Waals surface area contributed by atoms with Crippen LogP contribution in [0, 0.1) is 0 Å². The molecule has 158 valence electrons. The summed E-state index contributed by atoms with van der Waals surface area (Å²) >= 11 is 0. The van der Waals surface area contributed by atoms with Gasteiger partial charge in [0.2, 0.25) is 0 Å². The monoisotopic (exact) mass is 414 g/mol. The van der Waals surface area contributed by atoms with Gasteiger partial charge in [0.1, 0.15) is 11.9 Å². The van der Waals surface area contributed by atoms with Gasteiger partial charge in [-0.05, 0) is 78.0 Å². The number of ether oxygens (including phenoxy) is 1. The molecule has 1 heterocycles. The summed E-state index contributed by atoms with van der Waals surface area (Å²) in [5, 5.41) is 9.98. The Kier molecular flexibility index (Phi) is 5.51. The van der Waals surface area contributed by atoms with Crippen molar-refractivity contribution in [2.75, 3.05) is 0 Å². The number of rotatable bonds is 7. The van der Waals surface area contributed by atoms with Crippen LogP contribution in [0.2, 0.25) is 0 Å². The average Bonchev–Trinajstić information content (AvgIpc) is 3.45. The van der Waals surface area contributed by atoms with Crippen LogP contribution in [0.15, 0.2) is 54.9 Å². The minimum Gasteiger partial charge on any atom is -0.479 e. The van der Waals surface area contributed by atoms with Crippen molar-refractivity contribution in [3.05, 3.63) is 94.1 Å². The molecule has 2 atom stereocenters. The number of benzene rings is 2. The number of hydrogen-bond donors (Lipinski definition) is 1. The molecule has 0 saturated carbocycles. The summed E-state index contributed by atoms with van der Waals surface area (Å²) in [6.07, 6.45) is 8.51. The normalized spacial score (nSPS) is 16.5. The molecule has 2 unspecified atom stereocenters. The van der Waals surface area contributed by atoms with Crippen molar-refractivity contribution in [3.8, 4) is 0 Å². The number of aromatic nitrogens is 2. The highest BCUT2D eigenvalue weighted by Crippen LogP contribution is 2.42. The predicted molar refractivity (Wildman–Crippen MR) is 117 cm³/mol. The van der Waals surface area contributed by atoms with Crippen molar-refractivity contribution in [1.82, 2.24) is 9.97 Å². The zero-order valence-corrected chi connectivity index (χ0v) is 17.5. The first kappa shape index (κ1) is 19.9. The molecule has 5 heteroatoms. The Hall–Kier alpha value is -3.05. The highest BCUT2D eigenvalue weighted by Gasteiger charge is 2.33. The third-order valence-electron chi connectivity index (χ3n) is 6.45. The molecule has 2 aliphatic carbocycles. The molecule has 0 fully saturated rings. The lowest BCUT2D eigenvalue weighted by molar-refractivity contribution is -0.153. The lowest BCUT2D eigenvalue weighted by Gasteiger charge is -2.27. The second kappa shape index (κ2) is 8.60. The van der Waals surface area contributed by atoms with E-state index in [2.05, 4.69) is 16.0 Å². The number of carboxylic acid groups (broad SMARTS) is 1. The summed E-state index contributed by atoms with van der Waals surface area (Å²) in [4.78, 5) is 20.6. The van der Waals surface area contributed by atoms with E-state index in [1.54, 1.807) is 18.5 Å². The number of carboxylic acids is 1. The molecule has 5 nitrogen and oxygen atoms in total. The molecule has 0 amide bonds. The number of fused-ring (bicyclic) bond motifs is 2. The van der Waals surface area contributed by atoms with Gasteiger partial charge in [0.25, 0.3) is 0 Å². The topological polar surface area (TPSA) is 72.3 Å². The smallest absolute Gasteiger partial charge is 0.333 e. The van der Waals surface area contributed by atoms with Gasteiger partial charge in [0.15, 0.2) is 6.10 Å². The molecular weight excluding hydrogens is 388 g/mol. The van der Waals surface area contributed by atoms with E-state index < -0.39 is 18.2 Å². The maximum Gasteiger partial charge on any atom is 0.333 e. The summed E-state index contributed by atoms with van der Waals surface area (Å²) < 4.78 is 6.46. The van der Waals surface area contributed by atoms with Crippen molar-refractivity contribution >= 4 is 5.97 Å². The SMILES string of the molecule is O=C(O)C(Cc1ncccn1)OC(c1ccccc1)c1c2c(cc3c1CCC3)CCC2. The second-order valence-corrected chi connectivity index (χ2v) is 8.40. The Morgan fingerprint density at radius 3 is 2.19 bits per heavy atom. The molecule has 31 heavy (non-hydrogen) atoms. The van der Waals surface area contributed by atoms with Gasteiger partial charge in [0.05, 0.1) is 0 Å². The molecule has 5 rings (SSSR count). The van der Waals surface area contributed by atoms with E-state index in [-0.39, 0.29) is 6.42 Å². The van der Waals surface area contributed by atoms with Crippen LogP contribution in [0.5, 0.6) is 0 Å². The van der Waals surface area contributed by atoms with Gasteiger partial charge in [-0.3, -0.25) is 0 Å². The first-order chi connectivity index (χ1) is 15.2. The van der Waals surface area contributed by atoms with Gasteiger partial charge in [-0.15, -0.1) is 0 Å². The van der Waals surface area contributed by atoms with E-state index in [9.17, 15) is 9.90 Å². The Morgan fingerprint density at radius 1 is 0.935 bits per heavy atom. The molecule has 0 saturated heterocycles. The van der Waals surface area contributed by atoms with Crippen molar-refractivity contribution in [1.29, 1.82) is 0 Å². The third kappa shape index (κ3) is 3.98. The third-order valence-corrected chi connectivity index (χ3v) is 6.45. The standard InChI is InChI=1S/C26H26N2O3/c29-26(30)22(16-23-27-13-6-14-28-23)31-25(17-7-2-1-3-8-17)24-20-11-4-9-18(20)15-19-10-5-12-21(19)24/h1-3,6-8,13-15,22,25H,4-5,9-12,16H2,(H,29,30). The fourth-order valence-electron chi connectivity index (χ4n) is 5.08. The average molecular weight is 415 g/mol. The summed E-state index contributed by atoms with van der Waals surface area (Å²) in [6, 6.07) is 14.2. The molecule has 0 aliphatic heterocycles. The summed E-state index contributed by atoms with van der Waals surface area (Å²) in [7, 11) is 0. The van der Waals surface area contributed by atoms with E-state index in [1.807, 2.05) is 30.3 Å². The Bertz CT molecular complexity index is 1050. The Morgan fingerprint density at radius 2 is 1.58 bits per heavy atom. The van der Waals surface area contributed by atoms with Gasteiger partial charge in [0, 0.05) is 18.8 Å². The largest absolute Gasteiger partial charge is 0.479 e. The van der Waals surface area contributed by atoms with Crippen molar-refractivity contribution in [2.24, 2.45) is 0 Å². The lowest BCUT2D eigenvalue weighted by Crippen LogP contribution is -2.30. The number of aliphatic carboxylic acids is 1. The minimum atomic E-state index is -1.03. The van der Waals surface area contributed by atoms with Crippen LogP contribution < -0.4 is 0 Å². The molecule has 1 aromatic heterocycles. The second-order valence-electron chi connectivity index (χ2n) is 8.40. The van der Waals surface area contributed by atoms with Gasteiger partial charge in [-0.2, -0.15) is 0 Å². The molecule has 0 bridgehead atoms. The highest BCUT2D eigenvalue weighted by atomic mass is 16.5. The van der Waals surface area contributed by atoms with E-state index in [0.29, 0.717) is 5.82 Å². The summed E-state index contributed by atoms with van der Waals surface area (Å²) in [6.45, 7) is 0. The van der Waals surface area contributed by atoms with Crippen molar-refractivity contribution in [3.63, 3.8) is 0 Å². The number of carbonyl (C=O) groups is 1. The van der Waals surface area contributed by atoms with Crippen LogP contribution in [0.3, 0.4) is 0 Å². The van der Waals surface area contributed by atoms with Crippen molar-refractivity contribution in [2.45, 2.75) is 57.2 Å². The van der Waals surface area contributed by atoms with E-state index in [0.717, 1.165) is 44.1 Å². The molecule has 2 aliphatic rings. The maximum atomic E-state index is 12.2. The Labute approximate surface area is 182 Å². The fourth-order valence-corrected chi connectivity index (χ4v) is 5.08. The van der Waals surface area contributed by atoms with E-state index >= 15 is 0 Å². The van der Waals surface area contributed by atoms with Crippen LogP contribution in [0.25, 0.3) is 0 Å². The molecule has 2 aromatic carbocycles. The minimum absolute atomic E-state index is 0.136. The number of aryl methyl sites for hydroxylation is 2. The van der Waals surface area contributed by atoms with Gasteiger partial charge in [-0.1, -0.05) is 36.4 Å². The van der Waals surface area contributed by atoms with E-state index in [4.69, 9.17) is 4.74 Å². The fraction of sp³-hybridized carbons (Fsp3) is 0.346. The molecule has 0 spiro atoms. The molecule has 0 radical (unpaired) electrons. The first-order valence-electron chi connectivity index (χ1n) is 11.1. The highest BCUT2D eigenvalue weighted by molar-refractivity contribution is 5.72. The molecule has 3 aromatic rings. The quantitative estimate of drug-likeness (QED) is 0.626. The zero-order chi connectivity index (χ0) is 21.2. The Balaban J connectivity index is 1.59. The van der Waals surface area contributed by atoms with Gasteiger partial charge >= 0.3 is 5.97 Å². The molecule has 1 N–H and O–H groups in total. The predicted octanol–water partition coefficient (Wildman–Crippen LogP) is 4.26. The maximum absolute atomic E-state index is 12.2. The number of hydrogen-bond acceptors (Lipinski definition) is 4.